The van der Waals surface area contributed by atoms with Crippen LogP contribution in [0.4, 0.5) is 0 Å². The minimum atomic E-state index is -0.171. The van der Waals surface area contributed by atoms with Gasteiger partial charge < -0.3 is 15.8 Å². The van der Waals surface area contributed by atoms with Crippen molar-refractivity contribution in [1.82, 2.24) is 4.98 Å². The second kappa shape index (κ2) is 3.82. The van der Waals surface area contributed by atoms with E-state index in [-0.39, 0.29) is 12.6 Å². The van der Waals surface area contributed by atoms with Crippen molar-refractivity contribution in [3.8, 4) is 0 Å². The van der Waals surface area contributed by atoms with E-state index in [4.69, 9.17) is 10.8 Å². The van der Waals surface area contributed by atoms with Gasteiger partial charge in [0.2, 0.25) is 0 Å². The van der Waals surface area contributed by atoms with Crippen molar-refractivity contribution in [2.45, 2.75) is 12.5 Å². The van der Waals surface area contributed by atoms with Gasteiger partial charge in [0.25, 0.3) is 0 Å². The topological polar surface area (TPSA) is 62.0 Å². The van der Waals surface area contributed by atoms with Crippen LogP contribution in [0.1, 0.15) is 5.56 Å². The summed E-state index contributed by atoms with van der Waals surface area (Å²) in [5.41, 5.74) is 8.01. The summed E-state index contributed by atoms with van der Waals surface area (Å²) < 4.78 is 0. The molecule has 0 radical (unpaired) electrons. The van der Waals surface area contributed by atoms with E-state index in [1.165, 1.54) is 10.9 Å². The van der Waals surface area contributed by atoms with Crippen LogP contribution in [0.2, 0.25) is 0 Å². The summed E-state index contributed by atoms with van der Waals surface area (Å²) in [6, 6.07) is 7.94. The highest BCUT2D eigenvalue weighted by atomic mass is 16.3. The zero-order valence-electron chi connectivity index (χ0n) is 7.90. The number of aliphatic hydroxyl groups excluding tert-OH is 1. The van der Waals surface area contributed by atoms with E-state index < -0.39 is 0 Å². The van der Waals surface area contributed by atoms with E-state index in [0.29, 0.717) is 6.42 Å². The third-order valence-electron chi connectivity index (χ3n) is 2.40. The molecule has 2 aromatic rings. The number of fused-ring (bicyclic) bond motifs is 1. The first-order valence-corrected chi connectivity index (χ1v) is 4.72. The van der Waals surface area contributed by atoms with Gasteiger partial charge in [-0.2, -0.15) is 0 Å². The molecule has 0 aliphatic heterocycles. The summed E-state index contributed by atoms with van der Waals surface area (Å²) in [6.45, 7) is 0.0286. The fourth-order valence-electron chi connectivity index (χ4n) is 1.68. The molecule has 0 aliphatic carbocycles. The van der Waals surface area contributed by atoms with E-state index >= 15 is 0 Å². The minimum Gasteiger partial charge on any atom is -0.395 e. The summed E-state index contributed by atoms with van der Waals surface area (Å²) in [5.74, 6) is 0. The zero-order valence-corrected chi connectivity index (χ0v) is 7.90. The largest absolute Gasteiger partial charge is 0.395 e. The van der Waals surface area contributed by atoms with Crippen molar-refractivity contribution in [1.29, 1.82) is 0 Å². The van der Waals surface area contributed by atoms with Crippen molar-refractivity contribution >= 4 is 10.9 Å². The molecule has 0 saturated carbocycles. The zero-order chi connectivity index (χ0) is 9.97. The molecule has 1 aromatic carbocycles. The molecule has 1 unspecified atom stereocenters. The van der Waals surface area contributed by atoms with Crippen molar-refractivity contribution < 1.29 is 5.11 Å². The maximum Gasteiger partial charge on any atom is 0.0585 e. The summed E-state index contributed by atoms with van der Waals surface area (Å²) >= 11 is 0. The Morgan fingerprint density at radius 2 is 2.21 bits per heavy atom. The molecule has 0 saturated heterocycles. The number of benzene rings is 1. The van der Waals surface area contributed by atoms with Crippen molar-refractivity contribution in [2.75, 3.05) is 6.61 Å². The number of aromatic nitrogens is 1. The van der Waals surface area contributed by atoms with E-state index in [2.05, 4.69) is 4.98 Å². The summed E-state index contributed by atoms with van der Waals surface area (Å²) in [4.78, 5) is 3.15. The molecule has 3 heteroatoms. The van der Waals surface area contributed by atoms with Gasteiger partial charge in [0, 0.05) is 23.1 Å². The van der Waals surface area contributed by atoms with Crippen molar-refractivity contribution in [3.05, 3.63) is 36.0 Å². The predicted molar refractivity (Wildman–Crippen MR) is 57.1 cm³/mol. The van der Waals surface area contributed by atoms with Gasteiger partial charge in [-0.05, 0) is 24.1 Å². The van der Waals surface area contributed by atoms with Crippen LogP contribution in [-0.2, 0) is 6.42 Å². The van der Waals surface area contributed by atoms with Gasteiger partial charge in [-0.15, -0.1) is 0 Å². The highest BCUT2D eigenvalue weighted by Crippen LogP contribution is 2.18. The Bertz CT molecular complexity index is 422. The third kappa shape index (κ3) is 1.64. The first kappa shape index (κ1) is 9.24. The SMILES string of the molecule is NC(CO)Cc1cccc2[nH]ccc12. The van der Waals surface area contributed by atoms with Gasteiger partial charge in [-0.3, -0.25) is 0 Å². The average molecular weight is 190 g/mol. The molecule has 2 rings (SSSR count). The highest BCUT2D eigenvalue weighted by Gasteiger charge is 2.05. The van der Waals surface area contributed by atoms with Gasteiger partial charge in [0.05, 0.1) is 6.61 Å². The Morgan fingerprint density at radius 3 is 3.00 bits per heavy atom. The Balaban J connectivity index is 2.36. The number of hydrogen-bond acceptors (Lipinski definition) is 2. The van der Waals surface area contributed by atoms with Crippen LogP contribution in [0.3, 0.4) is 0 Å². The predicted octanol–water partition coefficient (Wildman–Crippen LogP) is 1.03. The van der Waals surface area contributed by atoms with E-state index in [9.17, 15) is 0 Å². The van der Waals surface area contributed by atoms with Crippen LogP contribution >= 0.6 is 0 Å². The second-order valence-corrected chi connectivity index (χ2v) is 3.50. The molecule has 1 heterocycles. The molecule has 14 heavy (non-hydrogen) atoms. The molecule has 0 bridgehead atoms. The van der Waals surface area contributed by atoms with E-state index in [1.54, 1.807) is 0 Å². The number of nitrogens with one attached hydrogen (secondary N) is 1. The van der Waals surface area contributed by atoms with Crippen LogP contribution in [-0.4, -0.2) is 22.7 Å². The molecule has 74 valence electrons. The standard InChI is InChI=1S/C11H14N2O/c12-9(7-14)6-8-2-1-3-11-10(8)4-5-13-11/h1-5,9,13-14H,6-7,12H2. The average Bonchev–Trinajstić information content (AvgIpc) is 2.66. The number of hydrogen-bond donors (Lipinski definition) is 3. The molecule has 1 atom stereocenters. The van der Waals surface area contributed by atoms with Crippen LogP contribution < -0.4 is 5.73 Å². The number of H-pyrrole nitrogens is 1. The lowest BCUT2D eigenvalue weighted by Crippen LogP contribution is -2.26. The Morgan fingerprint density at radius 1 is 1.36 bits per heavy atom. The van der Waals surface area contributed by atoms with Crippen LogP contribution in [0, 0.1) is 0 Å². The Hall–Kier alpha value is -1.32. The molecule has 3 nitrogen and oxygen atoms in total. The number of rotatable bonds is 3. The molecule has 4 N–H and O–H groups in total. The Labute approximate surface area is 82.6 Å². The number of aromatic amines is 1. The fourth-order valence-corrected chi connectivity index (χ4v) is 1.68. The quantitative estimate of drug-likeness (QED) is 0.677. The first-order chi connectivity index (χ1) is 6.81. The van der Waals surface area contributed by atoms with Gasteiger partial charge in [0.15, 0.2) is 0 Å². The monoisotopic (exact) mass is 190 g/mol. The van der Waals surface area contributed by atoms with E-state index in [1.807, 2.05) is 30.5 Å². The van der Waals surface area contributed by atoms with Crippen LogP contribution in [0.5, 0.6) is 0 Å². The normalized spacial score (nSPS) is 13.3. The van der Waals surface area contributed by atoms with Gasteiger partial charge in [-0.1, -0.05) is 12.1 Å². The smallest absolute Gasteiger partial charge is 0.0585 e. The van der Waals surface area contributed by atoms with Gasteiger partial charge >= 0.3 is 0 Å². The van der Waals surface area contributed by atoms with Gasteiger partial charge in [0.1, 0.15) is 0 Å². The second-order valence-electron chi connectivity index (χ2n) is 3.50. The lowest BCUT2D eigenvalue weighted by atomic mass is 10.0. The number of aliphatic hydroxyl groups is 1. The molecule has 1 aromatic heterocycles. The third-order valence-corrected chi connectivity index (χ3v) is 2.40. The maximum absolute atomic E-state index is 8.89. The minimum absolute atomic E-state index is 0.0286. The highest BCUT2D eigenvalue weighted by molar-refractivity contribution is 5.82. The van der Waals surface area contributed by atoms with Crippen molar-refractivity contribution in [2.24, 2.45) is 5.73 Å². The van der Waals surface area contributed by atoms with Crippen molar-refractivity contribution in [3.63, 3.8) is 0 Å². The lowest BCUT2D eigenvalue weighted by Gasteiger charge is -2.08. The molecule has 0 aliphatic rings. The van der Waals surface area contributed by atoms with E-state index in [0.717, 1.165) is 5.52 Å². The summed E-state index contributed by atoms with van der Waals surface area (Å²) in [5, 5.41) is 10.1. The van der Waals surface area contributed by atoms with Crippen LogP contribution in [0.15, 0.2) is 30.5 Å². The molecule has 0 amide bonds. The molecule has 0 spiro atoms. The Kier molecular flexibility index (Phi) is 2.52. The molecule has 0 fully saturated rings. The van der Waals surface area contributed by atoms with Crippen LogP contribution in [0.25, 0.3) is 10.9 Å². The van der Waals surface area contributed by atoms with Gasteiger partial charge in [-0.25, -0.2) is 0 Å². The first-order valence-electron chi connectivity index (χ1n) is 4.72. The summed E-state index contributed by atoms with van der Waals surface area (Å²) in [7, 11) is 0. The lowest BCUT2D eigenvalue weighted by molar-refractivity contribution is 0.265. The number of nitrogens with two attached hydrogens (primary N) is 1. The summed E-state index contributed by atoms with van der Waals surface area (Å²) in [6.07, 6.45) is 2.63. The maximum atomic E-state index is 8.89. The fraction of sp³-hybridized carbons (Fsp3) is 0.273. The molecular weight excluding hydrogens is 176 g/mol. The molecular formula is C11H14N2O.